The van der Waals surface area contributed by atoms with Crippen molar-refractivity contribution in [3.05, 3.63) is 12.2 Å². The molecule has 3 aliphatic rings. The first-order valence-corrected chi connectivity index (χ1v) is 8.74. The maximum Gasteiger partial charge on any atom is 0.236 e. The van der Waals surface area contributed by atoms with Gasteiger partial charge in [0.05, 0.1) is 19.8 Å². The van der Waals surface area contributed by atoms with Gasteiger partial charge in [-0.2, -0.15) is 0 Å². The van der Waals surface area contributed by atoms with Crippen molar-refractivity contribution in [2.45, 2.75) is 19.3 Å². The lowest BCUT2D eigenvalue weighted by Gasteiger charge is -2.36. The van der Waals surface area contributed by atoms with Crippen molar-refractivity contribution in [1.82, 2.24) is 14.7 Å². The van der Waals surface area contributed by atoms with Crippen molar-refractivity contribution in [2.75, 3.05) is 59.0 Å². The second kappa shape index (κ2) is 7.93. The summed E-state index contributed by atoms with van der Waals surface area (Å²) in [5, 5.41) is 0. The van der Waals surface area contributed by atoms with Gasteiger partial charge in [0.1, 0.15) is 0 Å². The van der Waals surface area contributed by atoms with Gasteiger partial charge in [0.25, 0.3) is 0 Å². The average Bonchev–Trinajstić information content (AvgIpc) is 3.09. The standard InChI is InChI=1S/C17H27N3O3/c21-16(13-15-3-1-2-4-15)19-5-7-20(8-6-19)17(22)14-18-9-11-23-12-10-18/h1,3,15H,2,4-14H2. The van der Waals surface area contributed by atoms with E-state index in [2.05, 4.69) is 17.1 Å². The number of carbonyl (C=O) groups is 2. The number of allylic oxidation sites excluding steroid dienone is 2. The van der Waals surface area contributed by atoms with Gasteiger partial charge in [-0.25, -0.2) is 0 Å². The molecule has 2 heterocycles. The molecular formula is C17H27N3O3. The smallest absolute Gasteiger partial charge is 0.236 e. The van der Waals surface area contributed by atoms with Gasteiger partial charge in [-0.15, -0.1) is 0 Å². The highest BCUT2D eigenvalue weighted by atomic mass is 16.5. The fraction of sp³-hybridized carbons (Fsp3) is 0.765. The Hall–Kier alpha value is -1.40. The van der Waals surface area contributed by atoms with Crippen LogP contribution in [0.15, 0.2) is 12.2 Å². The van der Waals surface area contributed by atoms with Crippen molar-refractivity contribution >= 4 is 11.8 Å². The number of carbonyl (C=O) groups excluding carboxylic acids is 2. The molecule has 3 rings (SSSR count). The van der Waals surface area contributed by atoms with Crippen molar-refractivity contribution in [3.63, 3.8) is 0 Å². The third kappa shape index (κ3) is 4.54. The van der Waals surface area contributed by atoms with Crippen LogP contribution >= 0.6 is 0 Å². The van der Waals surface area contributed by atoms with Crippen molar-refractivity contribution < 1.29 is 14.3 Å². The second-order valence-corrected chi connectivity index (χ2v) is 6.62. The Morgan fingerprint density at radius 2 is 1.61 bits per heavy atom. The van der Waals surface area contributed by atoms with E-state index < -0.39 is 0 Å². The molecule has 0 aromatic heterocycles. The Labute approximate surface area is 138 Å². The second-order valence-electron chi connectivity index (χ2n) is 6.62. The first-order valence-electron chi connectivity index (χ1n) is 8.74. The Morgan fingerprint density at radius 3 is 2.22 bits per heavy atom. The average molecular weight is 321 g/mol. The molecule has 0 radical (unpaired) electrons. The molecule has 0 bridgehead atoms. The molecule has 1 atom stereocenters. The van der Waals surface area contributed by atoms with Crippen molar-refractivity contribution in [1.29, 1.82) is 0 Å². The number of morpholine rings is 1. The quantitative estimate of drug-likeness (QED) is 0.701. The van der Waals surface area contributed by atoms with Crippen LogP contribution in [0.4, 0.5) is 0 Å². The van der Waals surface area contributed by atoms with Gasteiger partial charge in [0, 0.05) is 45.7 Å². The molecule has 2 fully saturated rings. The maximum atomic E-state index is 12.4. The van der Waals surface area contributed by atoms with Crippen LogP contribution in [0.25, 0.3) is 0 Å². The molecule has 0 aromatic carbocycles. The van der Waals surface area contributed by atoms with Gasteiger partial charge >= 0.3 is 0 Å². The molecule has 6 heteroatoms. The zero-order valence-electron chi connectivity index (χ0n) is 13.8. The summed E-state index contributed by atoms with van der Waals surface area (Å²) in [6.07, 6.45) is 7.16. The first-order chi connectivity index (χ1) is 11.2. The number of amides is 2. The van der Waals surface area contributed by atoms with E-state index in [0.717, 1.165) is 25.9 Å². The molecule has 23 heavy (non-hydrogen) atoms. The number of nitrogens with zero attached hydrogens (tertiary/aromatic N) is 3. The zero-order chi connectivity index (χ0) is 16.1. The Morgan fingerprint density at radius 1 is 0.957 bits per heavy atom. The topological polar surface area (TPSA) is 53.1 Å². The van der Waals surface area contributed by atoms with E-state index in [0.29, 0.717) is 58.3 Å². The molecule has 0 spiro atoms. The van der Waals surface area contributed by atoms with E-state index in [1.807, 2.05) is 9.80 Å². The minimum Gasteiger partial charge on any atom is -0.379 e. The van der Waals surface area contributed by atoms with E-state index in [4.69, 9.17) is 4.74 Å². The highest BCUT2D eigenvalue weighted by molar-refractivity contribution is 5.80. The van der Waals surface area contributed by atoms with Crippen LogP contribution in [0, 0.1) is 5.92 Å². The summed E-state index contributed by atoms with van der Waals surface area (Å²) in [5.74, 6) is 0.836. The van der Waals surface area contributed by atoms with E-state index >= 15 is 0 Å². The minimum absolute atomic E-state index is 0.178. The van der Waals surface area contributed by atoms with Gasteiger partial charge in [-0.3, -0.25) is 14.5 Å². The van der Waals surface area contributed by atoms with Crippen LogP contribution in [0.2, 0.25) is 0 Å². The van der Waals surface area contributed by atoms with E-state index in [1.165, 1.54) is 0 Å². The first kappa shape index (κ1) is 16.5. The summed E-state index contributed by atoms with van der Waals surface area (Å²) in [6.45, 7) is 6.23. The number of piperazine rings is 1. The fourth-order valence-electron chi connectivity index (χ4n) is 3.47. The lowest BCUT2D eigenvalue weighted by Crippen LogP contribution is -2.53. The van der Waals surface area contributed by atoms with Gasteiger partial charge in [-0.1, -0.05) is 12.2 Å². The van der Waals surface area contributed by atoms with Crippen LogP contribution in [-0.2, 0) is 14.3 Å². The van der Waals surface area contributed by atoms with E-state index in [1.54, 1.807) is 0 Å². The number of rotatable bonds is 4. The molecule has 0 N–H and O–H groups in total. The Bertz CT molecular complexity index is 452. The summed E-state index contributed by atoms with van der Waals surface area (Å²) in [6, 6.07) is 0. The molecule has 2 saturated heterocycles. The van der Waals surface area contributed by atoms with Crippen LogP contribution in [0.5, 0.6) is 0 Å². The molecule has 6 nitrogen and oxygen atoms in total. The molecule has 1 unspecified atom stereocenters. The van der Waals surface area contributed by atoms with Crippen LogP contribution in [-0.4, -0.2) is 85.5 Å². The van der Waals surface area contributed by atoms with Gasteiger partial charge in [0.2, 0.25) is 11.8 Å². The van der Waals surface area contributed by atoms with Crippen molar-refractivity contribution in [3.8, 4) is 0 Å². The number of hydrogen-bond donors (Lipinski definition) is 0. The SMILES string of the molecule is O=C(CC1C=CCC1)N1CCN(C(=O)CN2CCOCC2)CC1. The summed E-state index contributed by atoms with van der Waals surface area (Å²) in [5.41, 5.74) is 0. The van der Waals surface area contributed by atoms with Gasteiger partial charge in [-0.05, 0) is 18.8 Å². The zero-order valence-corrected chi connectivity index (χ0v) is 13.8. The normalized spacial score (nSPS) is 25.8. The predicted molar refractivity (Wildman–Crippen MR) is 86.9 cm³/mol. The monoisotopic (exact) mass is 321 g/mol. The van der Waals surface area contributed by atoms with Crippen LogP contribution in [0.3, 0.4) is 0 Å². The summed E-state index contributed by atoms with van der Waals surface area (Å²) in [4.78, 5) is 30.6. The molecular weight excluding hydrogens is 294 g/mol. The number of hydrogen-bond acceptors (Lipinski definition) is 4. The summed E-state index contributed by atoms with van der Waals surface area (Å²) >= 11 is 0. The minimum atomic E-state index is 0.178. The summed E-state index contributed by atoms with van der Waals surface area (Å²) < 4.78 is 5.31. The molecule has 128 valence electrons. The Balaban J connectivity index is 1.39. The third-order valence-electron chi connectivity index (χ3n) is 5.00. The maximum absolute atomic E-state index is 12.4. The molecule has 1 aliphatic carbocycles. The van der Waals surface area contributed by atoms with Crippen LogP contribution < -0.4 is 0 Å². The lowest BCUT2D eigenvalue weighted by molar-refractivity contribution is -0.141. The number of ether oxygens (including phenoxy) is 1. The van der Waals surface area contributed by atoms with Crippen LogP contribution in [0.1, 0.15) is 19.3 Å². The fourth-order valence-corrected chi connectivity index (χ4v) is 3.47. The van der Waals surface area contributed by atoms with Gasteiger partial charge in [0.15, 0.2) is 0 Å². The predicted octanol–water partition coefficient (Wildman–Crippen LogP) is 0.346. The largest absolute Gasteiger partial charge is 0.379 e. The Kier molecular flexibility index (Phi) is 5.67. The van der Waals surface area contributed by atoms with E-state index in [-0.39, 0.29) is 11.8 Å². The molecule has 2 aliphatic heterocycles. The van der Waals surface area contributed by atoms with Crippen molar-refractivity contribution in [2.24, 2.45) is 5.92 Å². The highest BCUT2D eigenvalue weighted by Gasteiger charge is 2.26. The molecule has 0 aromatic rings. The highest BCUT2D eigenvalue weighted by Crippen LogP contribution is 2.21. The van der Waals surface area contributed by atoms with E-state index in [9.17, 15) is 9.59 Å². The molecule has 2 amide bonds. The molecule has 0 saturated carbocycles. The summed E-state index contributed by atoms with van der Waals surface area (Å²) in [7, 11) is 0. The third-order valence-corrected chi connectivity index (χ3v) is 5.00. The lowest BCUT2D eigenvalue weighted by atomic mass is 10.0. The van der Waals surface area contributed by atoms with Gasteiger partial charge < -0.3 is 14.5 Å².